The van der Waals surface area contributed by atoms with Gasteiger partial charge >= 0.3 is 0 Å². The van der Waals surface area contributed by atoms with E-state index in [1.54, 1.807) is 12.1 Å². The highest BCUT2D eigenvalue weighted by Crippen LogP contribution is 2.37. The number of nitrogens with one attached hydrogen (secondary N) is 2. The molecule has 140 valence electrons. The highest BCUT2D eigenvalue weighted by atomic mass is 16.5. The van der Waals surface area contributed by atoms with Crippen LogP contribution in [0.4, 0.5) is 5.69 Å². The zero-order valence-corrected chi connectivity index (χ0v) is 15.3. The maximum absolute atomic E-state index is 12.1. The van der Waals surface area contributed by atoms with Gasteiger partial charge in [0.1, 0.15) is 5.75 Å². The maximum Gasteiger partial charge on any atom is 0.258 e. The van der Waals surface area contributed by atoms with Crippen LogP contribution < -0.4 is 15.4 Å². The average molecular weight is 372 g/mol. The minimum atomic E-state index is -0.344. The second kappa shape index (κ2) is 7.96. The molecule has 2 N–H and O–H groups in total. The SMILES string of the molecule is O=C(COc1ccccc1)NCC(=O)Nc1ccc2c(c1)Cc1ccccc1-2. The van der Waals surface area contributed by atoms with Gasteiger partial charge in [-0.15, -0.1) is 0 Å². The van der Waals surface area contributed by atoms with Crippen LogP contribution in [-0.4, -0.2) is 25.0 Å². The third-order valence-electron chi connectivity index (χ3n) is 4.64. The van der Waals surface area contributed by atoms with Crippen molar-refractivity contribution in [1.29, 1.82) is 0 Å². The number of carbonyl (C=O) groups excluding carboxylic acids is 2. The van der Waals surface area contributed by atoms with Crippen molar-refractivity contribution in [2.24, 2.45) is 0 Å². The Morgan fingerprint density at radius 1 is 0.821 bits per heavy atom. The smallest absolute Gasteiger partial charge is 0.258 e. The van der Waals surface area contributed by atoms with E-state index in [4.69, 9.17) is 4.74 Å². The van der Waals surface area contributed by atoms with Gasteiger partial charge in [-0.2, -0.15) is 0 Å². The number of ether oxygens (including phenoxy) is 1. The molecule has 0 bridgehead atoms. The van der Waals surface area contributed by atoms with Crippen molar-refractivity contribution in [3.8, 4) is 16.9 Å². The first-order valence-electron chi connectivity index (χ1n) is 9.14. The number of rotatable bonds is 6. The van der Waals surface area contributed by atoms with Gasteiger partial charge < -0.3 is 15.4 Å². The molecule has 1 aliphatic rings. The molecule has 1 aliphatic carbocycles. The van der Waals surface area contributed by atoms with E-state index in [0.29, 0.717) is 5.75 Å². The van der Waals surface area contributed by atoms with Crippen LogP contribution in [-0.2, 0) is 16.0 Å². The van der Waals surface area contributed by atoms with Gasteiger partial charge in [-0.25, -0.2) is 0 Å². The summed E-state index contributed by atoms with van der Waals surface area (Å²) in [6.07, 6.45) is 0.864. The van der Waals surface area contributed by atoms with E-state index in [0.717, 1.165) is 12.1 Å². The predicted octanol–water partition coefficient (Wildman–Crippen LogP) is 3.39. The molecule has 0 atom stereocenters. The van der Waals surface area contributed by atoms with Crippen molar-refractivity contribution in [2.45, 2.75) is 6.42 Å². The maximum atomic E-state index is 12.1. The highest BCUT2D eigenvalue weighted by molar-refractivity contribution is 5.95. The fourth-order valence-electron chi connectivity index (χ4n) is 3.32. The second-order valence-electron chi connectivity index (χ2n) is 6.63. The Morgan fingerprint density at radius 2 is 1.57 bits per heavy atom. The number of hydrogen-bond acceptors (Lipinski definition) is 3. The van der Waals surface area contributed by atoms with Gasteiger partial charge in [0.25, 0.3) is 5.91 Å². The third kappa shape index (κ3) is 4.04. The summed E-state index contributed by atoms with van der Waals surface area (Å²) in [5.74, 6) is -0.00633. The Labute approximate surface area is 163 Å². The van der Waals surface area contributed by atoms with Crippen molar-refractivity contribution in [3.63, 3.8) is 0 Å². The monoisotopic (exact) mass is 372 g/mol. The van der Waals surface area contributed by atoms with Crippen LogP contribution >= 0.6 is 0 Å². The van der Waals surface area contributed by atoms with Crippen molar-refractivity contribution in [3.05, 3.63) is 83.9 Å². The minimum absolute atomic E-state index is 0.103. The number of hydrogen-bond donors (Lipinski definition) is 2. The summed E-state index contributed by atoms with van der Waals surface area (Å²) in [7, 11) is 0. The van der Waals surface area contributed by atoms with Crippen LogP contribution in [0.15, 0.2) is 72.8 Å². The summed E-state index contributed by atoms with van der Waals surface area (Å²) >= 11 is 0. The second-order valence-corrected chi connectivity index (χ2v) is 6.63. The summed E-state index contributed by atoms with van der Waals surface area (Å²) in [5.41, 5.74) is 5.68. The lowest BCUT2D eigenvalue weighted by atomic mass is 10.1. The van der Waals surface area contributed by atoms with Gasteiger partial charge in [0.05, 0.1) is 6.54 Å². The molecule has 4 rings (SSSR count). The molecule has 0 aliphatic heterocycles. The molecular weight excluding hydrogens is 352 g/mol. The first-order chi connectivity index (χ1) is 13.7. The van der Waals surface area contributed by atoms with Crippen LogP contribution in [0.2, 0.25) is 0 Å². The zero-order chi connectivity index (χ0) is 19.3. The van der Waals surface area contributed by atoms with Gasteiger partial charge in [-0.05, 0) is 52.9 Å². The first-order valence-corrected chi connectivity index (χ1v) is 9.14. The van der Waals surface area contributed by atoms with Crippen molar-refractivity contribution < 1.29 is 14.3 Å². The molecule has 0 heterocycles. The number of benzene rings is 3. The summed E-state index contributed by atoms with van der Waals surface area (Å²) in [4.78, 5) is 24.0. The average Bonchev–Trinajstić information content (AvgIpc) is 3.09. The molecule has 0 unspecified atom stereocenters. The topological polar surface area (TPSA) is 67.4 Å². The molecule has 0 radical (unpaired) electrons. The summed E-state index contributed by atoms with van der Waals surface area (Å²) in [6.45, 7) is -0.233. The summed E-state index contributed by atoms with van der Waals surface area (Å²) in [6, 6.07) is 23.3. The van der Waals surface area contributed by atoms with Gasteiger partial charge in [-0.3, -0.25) is 9.59 Å². The predicted molar refractivity (Wildman–Crippen MR) is 108 cm³/mol. The van der Waals surface area contributed by atoms with Gasteiger partial charge in [0.2, 0.25) is 5.91 Å². The summed E-state index contributed by atoms with van der Waals surface area (Å²) in [5, 5.41) is 5.40. The van der Waals surface area contributed by atoms with E-state index in [9.17, 15) is 9.59 Å². The van der Waals surface area contributed by atoms with Crippen LogP contribution in [0.25, 0.3) is 11.1 Å². The molecule has 0 saturated heterocycles. The summed E-state index contributed by atoms with van der Waals surface area (Å²) < 4.78 is 5.36. The van der Waals surface area contributed by atoms with Gasteiger partial charge in [-0.1, -0.05) is 48.5 Å². The molecule has 5 nitrogen and oxygen atoms in total. The lowest BCUT2D eigenvalue weighted by Gasteiger charge is -2.09. The molecule has 0 aromatic heterocycles. The first kappa shape index (κ1) is 17.8. The number of para-hydroxylation sites is 1. The quantitative estimate of drug-likeness (QED) is 0.545. The molecule has 28 heavy (non-hydrogen) atoms. The molecular formula is C23H20N2O3. The number of fused-ring (bicyclic) bond motifs is 3. The fourth-order valence-corrected chi connectivity index (χ4v) is 3.32. The van der Waals surface area contributed by atoms with Gasteiger partial charge in [0.15, 0.2) is 6.61 Å². The standard InChI is InChI=1S/C23H20N2O3/c26-22(14-24-23(27)15-28-19-7-2-1-3-8-19)25-18-10-11-21-17(13-18)12-16-6-4-5-9-20(16)21/h1-11,13H,12,14-15H2,(H,24,27)(H,25,26). The highest BCUT2D eigenvalue weighted by Gasteiger charge is 2.18. The Hall–Kier alpha value is -3.60. The Kier molecular flexibility index (Phi) is 5.06. The fraction of sp³-hybridized carbons (Fsp3) is 0.130. The molecule has 2 amide bonds. The third-order valence-corrected chi connectivity index (χ3v) is 4.64. The largest absolute Gasteiger partial charge is 0.484 e. The van der Waals surface area contributed by atoms with Crippen LogP contribution in [0, 0.1) is 0 Å². The van der Waals surface area contributed by atoms with Gasteiger partial charge in [0, 0.05) is 5.69 Å². The van der Waals surface area contributed by atoms with E-state index in [2.05, 4.69) is 22.8 Å². The van der Waals surface area contributed by atoms with Crippen molar-refractivity contribution in [1.82, 2.24) is 5.32 Å². The normalized spacial score (nSPS) is 11.3. The molecule has 0 spiro atoms. The Morgan fingerprint density at radius 3 is 2.43 bits per heavy atom. The van der Waals surface area contributed by atoms with E-state index < -0.39 is 0 Å². The van der Waals surface area contributed by atoms with Crippen molar-refractivity contribution >= 4 is 17.5 Å². The Bertz CT molecular complexity index is 1020. The molecule has 0 saturated carbocycles. The molecule has 3 aromatic carbocycles. The van der Waals surface area contributed by atoms with E-state index in [1.807, 2.05) is 48.5 Å². The number of carbonyl (C=O) groups is 2. The van der Waals surface area contributed by atoms with Crippen LogP contribution in [0.1, 0.15) is 11.1 Å². The molecule has 5 heteroatoms. The zero-order valence-electron chi connectivity index (χ0n) is 15.3. The van der Waals surface area contributed by atoms with Crippen LogP contribution in [0.5, 0.6) is 5.75 Å². The molecule has 0 fully saturated rings. The van der Waals surface area contributed by atoms with E-state index in [1.165, 1.54) is 22.3 Å². The van der Waals surface area contributed by atoms with Crippen molar-refractivity contribution in [2.75, 3.05) is 18.5 Å². The Balaban J connectivity index is 1.28. The van der Waals surface area contributed by atoms with E-state index >= 15 is 0 Å². The lowest BCUT2D eigenvalue weighted by molar-refractivity contribution is -0.125. The van der Waals surface area contributed by atoms with E-state index in [-0.39, 0.29) is 25.0 Å². The lowest BCUT2D eigenvalue weighted by Crippen LogP contribution is -2.35. The number of anilines is 1. The van der Waals surface area contributed by atoms with Crippen LogP contribution in [0.3, 0.4) is 0 Å². The molecule has 3 aromatic rings. The number of amides is 2. The minimum Gasteiger partial charge on any atom is -0.484 e.